The Morgan fingerprint density at radius 3 is 2.58 bits per heavy atom. The molecule has 1 nitrogen and oxygen atoms in total. The number of nitrogens with one attached hydrogen (secondary N) is 1. The fourth-order valence-electron chi connectivity index (χ4n) is 1.86. The zero-order valence-corrected chi connectivity index (χ0v) is 8.74. The molecule has 1 aliphatic carbocycles. The number of hydrogen-bond acceptors (Lipinski definition) is 1. The molecule has 1 rings (SSSR count). The molecule has 0 aromatic carbocycles. The first-order chi connectivity index (χ1) is 5.86. The monoisotopic (exact) mass is 189 g/mol. The molecule has 0 aromatic heterocycles. The Labute approximate surface area is 80.9 Å². The molecule has 1 atom stereocenters. The summed E-state index contributed by atoms with van der Waals surface area (Å²) in [7, 11) is 0. The van der Waals surface area contributed by atoms with Crippen LogP contribution in [0, 0.1) is 5.92 Å². The fourth-order valence-corrected chi connectivity index (χ4v) is 2.18. The maximum absolute atomic E-state index is 5.79. The number of hydrogen-bond donors (Lipinski definition) is 1. The van der Waals surface area contributed by atoms with Crippen molar-refractivity contribution >= 4 is 11.6 Å². The molecule has 0 amide bonds. The van der Waals surface area contributed by atoms with Crippen LogP contribution >= 0.6 is 11.6 Å². The van der Waals surface area contributed by atoms with E-state index in [1.165, 1.54) is 32.2 Å². The normalized spacial score (nSPS) is 21.5. The molecule has 0 radical (unpaired) electrons. The van der Waals surface area contributed by atoms with Crippen LogP contribution < -0.4 is 5.32 Å². The topological polar surface area (TPSA) is 12.0 Å². The summed E-state index contributed by atoms with van der Waals surface area (Å²) in [6, 6.07) is 0.535. The Morgan fingerprint density at radius 1 is 1.42 bits per heavy atom. The Balaban J connectivity index is 2.06. The summed E-state index contributed by atoms with van der Waals surface area (Å²) in [6.07, 6.45) is 6.86. The smallest absolute Gasteiger partial charge is 0.0377 e. The third-order valence-electron chi connectivity index (χ3n) is 2.85. The standard InChI is InChI=1S/C10H20ClN/c1-2-10(7-11)12-8-9-5-3-4-6-9/h9-10,12H,2-8H2,1H3. The minimum atomic E-state index is 0.535. The van der Waals surface area contributed by atoms with E-state index in [1.54, 1.807) is 0 Å². The van der Waals surface area contributed by atoms with Gasteiger partial charge in [-0.2, -0.15) is 0 Å². The van der Waals surface area contributed by atoms with Crippen LogP contribution in [-0.2, 0) is 0 Å². The SMILES string of the molecule is CCC(CCl)NCC1CCCC1. The summed E-state index contributed by atoms with van der Waals surface area (Å²) in [5, 5.41) is 3.53. The molecule has 0 bridgehead atoms. The van der Waals surface area contributed by atoms with Crippen LogP contribution in [0.15, 0.2) is 0 Å². The Kier molecular flexibility index (Phi) is 5.01. The number of rotatable bonds is 5. The van der Waals surface area contributed by atoms with Crippen molar-refractivity contribution in [2.45, 2.75) is 45.1 Å². The van der Waals surface area contributed by atoms with E-state index in [4.69, 9.17) is 11.6 Å². The van der Waals surface area contributed by atoms with Crippen LogP contribution in [0.5, 0.6) is 0 Å². The van der Waals surface area contributed by atoms with Crippen LogP contribution in [-0.4, -0.2) is 18.5 Å². The van der Waals surface area contributed by atoms with Gasteiger partial charge in [-0.15, -0.1) is 11.6 Å². The molecular weight excluding hydrogens is 170 g/mol. The lowest BCUT2D eigenvalue weighted by Crippen LogP contribution is -2.33. The van der Waals surface area contributed by atoms with Crippen molar-refractivity contribution < 1.29 is 0 Å². The third-order valence-corrected chi connectivity index (χ3v) is 3.22. The van der Waals surface area contributed by atoms with Crippen LogP contribution in [0.25, 0.3) is 0 Å². The molecule has 1 N–H and O–H groups in total. The van der Waals surface area contributed by atoms with Crippen molar-refractivity contribution in [1.82, 2.24) is 5.32 Å². The highest BCUT2D eigenvalue weighted by Gasteiger charge is 2.15. The first kappa shape index (κ1) is 10.3. The zero-order chi connectivity index (χ0) is 8.81. The quantitative estimate of drug-likeness (QED) is 0.656. The zero-order valence-electron chi connectivity index (χ0n) is 7.98. The molecular formula is C10H20ClN. The molecule has 1 saturated carbocycles. The molecule has 1 fully saturated rings. The largest absolute Gasteiger partial charge is 0.313 e. The van der Waals surface area contributed by atoms with Crippen LogP contribution in [0.3, 0.4) is 0 Å². The van der Waals surface area contributed by atoms with E-state index in [-0.39, 0.29) is 0 Å². The maximum Gasteiger partial charge on any atom is 0.0377 e. The molecule has 72 valence electrons. The van der Waals surface area contributed by atoms with Gasteiger partial charge in [0.05, 0.1) is 0 Å². The highest BCUT2D eigenvalue weighted by atomic mass is 35.5. The van der Waals surface area contributed by atoms with Gasteiger partial charge in [0.15, 0.2) is 0 Å². The highest BCUT2D eigenvalue weighted by molar-refractivity contribution is 6.18. The summed E-state index contributed by atoms with van der Waals surface area (Å²) in [4.78, 5) is 0. The lowest BCUT2D eigenvalue weighted by atomic mass is 10.1. The summed E-state index contributed by atoms with van der Waals surface area (Å²) < 4.78 is 0. The second-order valence-electron chi connectivity index (χ2n) is 3.82. The molecule has 0 aliphatic heterocycles. The second kappa shape index (κ2) is 5.82. The lowest BCUT2D eigenvalue weighted by Gasteiger charge is -2.16. The molecule has 2 heteroatoms. The minimum absolute atomic E-state index is 0.535. The van der Waals surface area contributed by atoms with Crippen molar-refractivity contribution in [2.24, 2.45) is 5.92 Å². The fraction of sp³-hybridized carbons (Fsp3) is 1.00. The van der Waals surface area contributed by atoms with Crippen LogP contribution in [0.2, 0.25) is 0 Å². The molecule has 12 heavy (non-hydrogen) atoms. The maximum atomic E-state index is 5.79. The van der Waals surface area contributed by atoms with E-state index in [1.807, 2.05) is 0 Å². The van der Waals surface area contributed by atoms with Gasteiger partial charge in [-0.05, 0) is 31.7 Å². The van der Waals surface area contributed by atoms with Crippen molar-refractivity contribution in [1.29, 1.82) is 0 Å². The molecule has 0 spiro atoms. The first-order valence-electron chi connectivity index (χ1n) is 5.16. The number of halogens is 1. The molecule has 0 saturated heterocycles. The van der Waals surface area contributed by atoms with Gasteiger partial charge in [-0.3, -0.25) is 0 Å². The highest BCUT2D eigenvalue weighted by Crippen LogP contribution is 2.23. The van der Waals surface area contributed by atoms with E-state index in [2.05, 4.69) is 12.2 Å². The van der Waals surface area contributed by atoms with Gasteiger partial charge in [0.2, 0.25) is 0 Å². The summed E-state index contributed by atoms with van der Waals surface area (Å²) >= 11 is 5.79. The van der Waals surface area contributed by atoms with Gasteiger partial charge in [0, 0.05) is 11.9 Å². The molecule has 1 unspecified atom stereocenters. The second-order valence-corrected chi connectivity index (χ2v) is 4.13. The lowest BCUT2D eigenvalue weighted by molar-refractivity contribution is 0.441. The van der Waals surface area contributed by atoms with Crippen molar-refractivity contribution in [3.63, 3.8) is 0 Å². The molecule has 1 aliphatic rings. The van der Waals surface area contributed by atoms with E-state index in [9.17, 15) is 0 Å². The predicted molar refractivity (Wildman–Crippen MR) is 54.8 cm³/mol. The Bertz CT molecular complexity index is 104. The average Bonchev–Trinajstić information content (AvgIpc) is 2.59. The third kappa shape index (κ3) is 3.32. The van der Waals surface area contributed by atoms with E-state index in [0.29, 0.717) is 6.04 Å². The Morgan fingerprint density at radius 2 is 2.08 bits per heavy atom. The van der Waals surface area contributed by atoms with E-state index < -0.39 is 0 Å². The molecule has 0 heterocycles. The van der Waals surface area contributed by atoms with Gasteiger partial charge in [-0.25, -0.2) is 0 Å². The van der Waals surface area contributed by atoms with Gasteiger partial charge in [0.25, 0.3) is 0 Å². The van der Waals surface area contributed by atoms with Gasteiger partial charge in [-0.1, -0.05) is 19.8 Å². The van der Waals surface area contributed by atoms with Crippen LogP contribution in [0.4, 0.5) is 0 Å². The van der Waals surface area contributed by atoms with E-state index in [0.717, 1.165) is 18.2 Å². The predicted octanol–water partition coefficient (Wildman–Crippen LogP) is 2.78. The van der Waals surface area contributed by atoms with E-state index >= 15 is 0 Å². The summed E-state index contributed by atoms with van der Waals surface area (Å²) in [6.45, 7) is 3.37. The Hall–Kier alpha value is 0.250. The average molecular weight is 190 g/mol. The number of alkyl halides is 1. The summed E-state index contributed by atoms with van der Waals surface area (Å²) in [5.74, 6) is 1.69. The van der Waals surface area contributed by atoms with Gasteiger partial charge in [0.1, 0.15) is 0 Å². The minimum Gasteiger partial charge on any atom is -0.313 e. The molecule has 0 aromatic rings. The van der Waals surface area contributed by atoms with Gasteiger partial charge >= 0.3 is 0 Å². The van der Waals surface area contributed by atoms with Gasteiger partial charge < -0.3 is 5.32 Å². The summed E-state index contributed by atoms with van der Waals surface area (Å²) in [5.41, 5.74) is 0. The van der Waals surface area contributed by atoms with Crippen molar-refractivity contribution in [3.8, 4) is 0 Å². The van der Waals surface area contributed by atoms with Crippen molar-refractivity contribution in [2.75, 3.05) is 12.4 Å². The van der Waals surface area contributed by atoms with Crippen molar-refractivity contribution in [3.05, 3.63) is 0 Å². The van der Waals surface area contributed by atoms with Crippen LogP contribution in [0.1, 0.15) is 39.0 Å². The first-order valence-corrected chi connectivity index (χ1v) is 5.69.